The van der Waals surface area contributed by atoms with Crippen molar-refractivity contribution in [2.75, 3.05) is 13.7 Å². The molecule has 0 N–H and O–H groups in total. The average molecular weight is 460 g/mol. The van der Waals surface area contributed by atoms with Gasteiger partial charge < -0.3 is 9.47 Å². The number of carbonyl (C=O) groups excluding carboxylic acids is 1. The number of nitrogens with zero attached hydrogens (tertiary/aromatic N) is 1. The van der Waals surface area contributed by atoms with Crippen molar-refractivity contribution in [2.45, 2.75) is 58.7 Å². The number of hydrogen-bond acceptors (Lipinski definition) is 4. The number of hydrogen-bond donors (Lipinski definition) is 0. The first kappa shape index (κ1) is 25.5. The highest BCUT2D eigenvalue weighted by molar-refractivity contribution is 5.89. The largest absolute Gasteiger partial charge is 0.489 e. The van der Waals surface area contributed by atoms with Crippen molar-refractivity contribution in [1.82, 2.24) is 4.90 Å². The van der Waals surface area contributed by atoms with Gasteiger partial charge in [-0.3, -0.25) is 4.90 Å². The third kappa shape index (κ3) is 6.71. The number of esters is 1. The van der Waals surface area contributed by atoms with Gasteiger partial charge in [0, 0.05) is 23.6 Å². The minimum Gasteiger partial charge on any atom is -0.489 e. The second-order valence-corrected chi connectivity index (χ2v) is 9.20. The third-order valence-corrected chi connectivity index (χ3v) is 6.25. The monoisotopic (exact) mass is 459 g/mol. The molecule has 1 atom stereocenters. The molecule has 0 radical (unpaired) electrons. The third-order valence-electron chi connectivity index (χ3n) is 6.25. The molecule has 0 amide bonds. The second-order valence-electron chi connectivity index (χ2n) is 9.20. The van der Waals surface area contributed by atoms with Gasteiger partial charge in [-0.2, -0.15) is 0 Å². The summed E-state index contributed by atoms with van der Waals surface area (Å²) in [4.78, 5) is 14.9. The van der Waals surface area contributed by atoms with Crippen LogP contribution in [0.3, 0.4) is 0 Å². The molecule has 34 heavy (non-hydrogen) atoms. The fraction of sp³-hybridized carbons (Fsp3) is 0.367. The lowest BCUT2D eigenvalue weighted by atomic mass is 9.86. The van der Waals surface area contributed by atoms with Crippen molar-refractivity contribution in [3.8, 4) is 5.75 Å². The smallest absolute Gasteiger partial charge is 0.337 e. The summed E-state index contributed by atoms with van der Waals surface area (Å²) >= 11 is 0. The van der Waals surface area contributed by atoms with Crippen LogP contribution in [-0.4, -0.2) is 36.6 Å². The normalized spacial score (nSPS) is 12.2. The highest BCUT2D eigenvalue weighted by atomic mass is 16.5. The maximum Gasteiger partial charge on any atom is 0.337 e. The first-order valence-corrected chi connectivity index (χ1v) is 12.1. The number of benzene rings is 3. The van der Waals surface area contributed by atoms with Crippen LogP contribution in [0.1, 0.15) is 67.1 Å². The van der Waals surface area contributed by atoms with Gasteiger partial charge in [0.1, 0.15) is 12.4 Å². The molecule has 3 aromatic carbocycles. The molecule has 4 heteroatoms. The molecule has 0 saturated heterocycles. The fourth-order valence-corrected chi connectivity index (χ4v) is 4.51. The summed E-state index contributed by atoms with van der Waals surface area (Å²) in [7, 11) is 1.42. The van der Waals surface area contributed by atoms with Gasteiger partial charge in [0.05, 0.1) is 12.7 Å². The molecule has 0 aliphatic heterocycles. The molecule has 0 aliphatic carbocycles. The molecule has 0 spiro atoms. The summed E-state index contributed by atoms with van der Waals surface area (Å²) < 4.78 is 11.3. The highest BCUT2D eigenvalue weighted by Crippen LogP contribution is 2.36. The van der Waals surface area contributed by atoms with Crippen LogP contribution in [0.25, 0.3) is 0 Å². The van der Waals surface area contributed by atoms with Crippen LogP contribution in [-0.2, 0) is 11.3 Å². The van der Waals surface area contributed by atoms with Crippen LogP contribution in [0.2, 0.25) is 0 Å². The highest BCUT2D eigenvalue weighted by Gasteiger charge is 2.23. The Morgan fingerprint density at radius 3 is 2.06 bits per heavy atom. The molecule has 0 bridgehead atoms. The summed E-state index contributed by atoms with van der Waals surface area (Å²) in [6.07, 6.45) is 0.909. The summed E-state index contributed by atoms with van der Waals surface area (Å²) in [6, 6.07) is 27.2. The van der Waals surface area contributed by atoms with Gasteiger partial charge in [-0.15, -0.1) is 0 Å². The van der Waals surface area contributed by atoms with Gasteiger partial charge in [0.25, 0.3) is 0 Å². The lowest BCUT2D eigenvalue weighted by molar-refractivity contribution is 0.0600. The number of carbonyl (C=O) groups is 1. The Labute approximate surface area is 204 Å². The molecule has 3 rings (SSSR count). The summed E-state index contributed by atoms with van der Waals surface area (Å²) in [6.45, 7) is 10.4. The second kappa shape index (κ2) is 12.4. The zero-order valence-electron chi connectivity index (χ0n) is 21.0. The quantitative estimate of drug-likeness (QED) is 0.299. The van der Waals surface area contributed by atoms with Crippen LogP contribution in [0.4, 0.5) is 0 Å². The molecule has 0 heterocycles. The zero-order valence-corrected chi connectivity index (χ0v) is 21.0. The van der Waals surface area contributed by atoms with Crippen LogP contribution in [0.5, 0.6) is 5.75 Å². The fourth-order valence-electron chi connectivity index (χ4n) is 4.51. The number of rotatable bonds is 11. The Balaban J connectivity index is 2.01. The molecule has 0 aromatic heterocycles. The average Bonchev–Trinajstić information content (AvgIpc) is 2.85. The Morgan fingerprint density at radius 1 is 0.853 bits per heavy atom. The number of ether oxygens (including phenoxy) is 2. The van der Waals surface area contributed by atoms with Gasteiger partial charge in [-0.25, -0.2) is 4.79 Å². The van der Waals surface area contributed by atoms with E-state index in [2.05, 4.69) is 69.0 Å². The van der Waals surface area contributed by atoms with E-state index in [1.165, 1.54) is 12.7 Å². The lowest BCUT2D eigenvalue weighted by Gasteiger charge is -2.32. The molecule has 4 nitrogen and oxygen atoms in total. The maximum absolute atomic E-state index is 12.4. The first-order valence-electron chi connectivity index (χ1n) is 12.1. The molecular weight excluding hydrogens is 422 g/mol. The van der Waals surface area contributed by atoms with Gasteiger partial charge >= 0.3 is 5.97 Å². The van der Waals surface area contributed by atoms with E-state index in [-0.39, 0.29) is 11.9 Å². The Kier molecular flexibility index (Phi) is 9.29. The molecular formula is C30H37NO3. The Bertz CT molecular complexity index is 1020. The van der Waals surface area contributed by atoms with E-state index in [9.17, 15) is 4.79 Å². The molecule has 3 aromatic rings. The van der Waals surface area contributed by atoms with E-state index in [0.717, 1.165) is 29.8 Å². The van der Waals surface area contributed by atoms with Crippen molar-refractivity contribution in [3.63, 3.8) is 0 Å². The molecule has 0 unspecified atom stereocenters. The minimum absolute atomic E-state index is 0.0802. The Hall–Kier alpha value is -3.11. The van der Waals surface area contributed by atoms with E-state index in [1.807, 2.05) is 36.4 Å². The van der Waals surface area contributed by atoms with Crippen LogP contribution in [0.15, 0.2) is 78.9 Å². The lowest BCUT2D eigenvalue weighted by Crippen LogP contribution is -2.38. The standard InChI is InChI=1S/C30H37NO3/c1-22(2)31(23(3)4)19-18-27(25-14-10-7-11-15-25)28-20-26(30(32)33-5)16-17-29(28)34-21-24-12-8-6-9-13-24/h6-17,20,22-23,27H,18-19,21H2,1-5H3/t27-/m0/s1. The summed E-state index contributed by atoms with van der Waals surface area (Å²) in [5, 5.41) is 0. The molecule has 0 saturated carbocycles. The zero-order chi connectivity index (χ0) is 24.5. The van der Waals surface area contributed by atoms with Crippen molar-refractivity contribution in [3.05, 3.63) is 101 Å². The van der Waals surface area contributed by atoms with E-state index < -0.39 is 0 Å². The van der Waals surface area contributed by atoms with Crippen LogP contribution in [0, 0.1) is 0 Å². The maximum atomic E-state index is 12.4. The van der Waals surface area contributed by atoms with Crippen molar-refractivity contribution in [2.24, 2.45) is 0 Å². The summed E-state index contributed by atoms with van der Waals surface area (Å²) in [5.74, 6) is 0.538. The minimum atomic E-state index is -0.339. The van der Waals surface area contributed by atoms with Crippen molar-refractivity contribution < 1.29 is 14.3 Å². The summed E-state index contributed by atoms with van der Waals surface area (Å²) in [5.41, 5.74) is 3.86. The molecule has 0 fully saturated rings. The predicted molar refractivity (Wildman–Crippen MR) is 138 cm³/mol. The first-order chi connectivity index (χ1) is 16.4. The number of methoxy groups -OCH3 is 1. The van der Waals surface area contributed by atoms with Gasteiger partial charge in [-0.1, -0.05) is 60.7 Å². The van der Waals surface area contributed by atoms with Gasteiger partial charge in [0.2, 0.25) is 0 Å². The van der Waals surface area contributed by atoms with E-state index in [0.29, 0.717) is 24.3 Å². The van der Waals surface area contributed by atoms with Crippen LogP contribution >= 0.6 is 0 Å². The molecule has 180 valence electrons. The SMILES string of the molecule is COC(=O)c1ccc(OCc2ccccc2)c([C@@H](CCN(C(C)C)C(C)C)c2ccccc2)c1. The van der Waals surface area contributed by atoms with Gasteiger partial charge in [-0.05, 0) is 70.0 Å². The molecule has 0 aliphatic rings. The van der Waals surface area contributed by atoms with E-state index in [1.54, 1.807) is 6.07 Å². The van der Waals surface area contributed by atoms with E-state index >= 15 is 0 Å². The topological polar surface area (TPSA) is 38.8 Å². The van der Waals surface area contributed by atoms with E-state index in [4.69, 9.17) is 9.47 Å². The van der Waals surface area contributed by atoms with Crippen LogP contribution < -0.4 is 4.74 Å². The van der Waals surface area contributed by atoms with Gasteiger partial charge in [0.15, 0.2) is 0 Å². The van der Waals surface area contributed by atoms with Crippen molar-refractivity contribution in [1.29, 1.82) is 0 Å². The predicted octanol–water partition coefficient (Wildman–Crippen LogP) is 6.69. The van der Waals surface area contributed by atoms with Crippen molar-refractivity contribution >= 4 is 5.97 Å². The Morgan fingerprint density at radius 2 is 1.47 bits per heavy atom.